The van der Waals surface area contributed by atoms with Gasteiger partial charge in [-0.05, 0) is 74.8 Å². The largest absolute Gasteiger partial charge is 0.444 e. The number of ketones is 1. The molecule has 2 aliphatic carbocycles. The van der Waals surface area contributed by atoms with Crippen molar-refractivity contribution in [3.05, 3.63) is 57.6 Å². The number of hydrogen-bond acceptors (Lipinski definition) is 5. The summed E-state index contributed by atoms with van der Waals surface area (Å²) >= 11 is 3.24. The summed E-state index contributed by atoms with van der Waals surface area (Å²) in [5.41, 5.74) is -0.179. The highest BCUT2D eigenvalue weighted by atomic mass is 79.9. The fourth-order valence-electron chi connectivity index (χ4n) is 5.14. The molecule has 2 fully saturated rings. The van der Waals surface area contributed by atoms with Crippen LogP contribution in [0.5, 0.6) is 0 Å². The summed E-state index contributed by atoms with van der Waals surface area (Å²) in [7, 11) is 0. The van der Waals surface area contributed by atoms with Crippen LogP contribution < -0.4 is 0 Å². The van der Waals surface area contributed by atoms with Crippen molar-refractivity contribution in [2.75, 3.05) is 13.2 Å². The lowest BCUT2D eigenvalue weighted by Crippen LogP contribution is -2.46. The highest BCUT2D eigenvalue weighted by Crippen LogP contribution is 2.55. The number of nitrogens with zero attached hydrogens (tertiary/aromatic N) is 1. The van der Waals surface area contributed by atoms with Gasteiger partial charge in [0.25, 0.3) is 5.92 Å². The summed E-state index contributed by atoms with van der Waals surface area (Å²) < 4.78 is 41.8. The Morgan fingerprint density at radius 1 is 1.14 bits per heavy atom. The van der Waals surface area contributed by atoms with Gasteiger partial charge in [0.2, 0.25) is 0 Å². The fourth-order valence-corrected chi connectivity index (χ4v) is 5.50. The van der Waals surface area contributed by atoms with Crippen LogP contribution in [0.3, 0.4) is 0 Å². The van der Waals surface area contributed by atoms with E-state index < -0.39 is 42.3 Å². The van der Waals surface area contributed by atoms with E-state index in [1.165, 1.54) is 29.2 Å². The second kappa shape index (κ2) is 8.60. The third kappa shape index (κ3) is 4.57. The van der Waals surface area contributed by atoms with Gasteiger partial charge in [0.15, 0.2) is 12.1 Å². The van der Waals surface area contributed by atoms with Crippen molar-refractivity contribution < 1.29 is 33.0 Å². The van der Waals surface area contributed by atoms with Gasteiger partial charge in [0.05, 0.1) is 6.04 Å². The number of rotatable bonds is 5. The van der Waals surface area contributed by atoms with E-state index >= 15 is 8.78 Å². The first-order valence-corrected chi connectivity index (χ1v) is 12.7. The molecule has 1 saturated carbocycles. The maximum atomic E-state index is 15.1. The second-order valence-corrected chi connectivity index (χ2v) is 11.9. The molecule has 36 heavy (non-hydrogen) atoms. The van der Waals surface area contributed by atoms with E-state index in [0.29, 0.717) is 28.6 Å². The molecule has 192 valence electrons. The van der Waals surface area contributed by atoms with Gasteiger partial charge in [-0.3, -0.25) is 9.69 Å². The van der Waals surface area contributed by atoms with Crippen LogP contribution in [0, 0.1) is 5.41 Å². The third-order valence-corrected chi connectivity index (χ3v) is 7.63. The average molecular weight is 564 g/mol. The lowest BCUT2D eigenvalue weighted by molar-refractivity contribution is -0.128. The molecular formula is C27H28BrF2NO5. The number of carbonyl (C=O) groups excluding carboxylic acids is 2. The van der Waals surface area contributed by atoms with Crippen molar-refractivity contribution in [3.63, 3.8) is 0 Å². The van der Waals surface area contributed by atoms with E-state index in [4.69, 9.17) is 9.47 Å². The van der Waals surface area contributed by atoms with Gasteiger partial charge in [0.1, 0.15) is 12.2 Å². The zero-order chi connectivity index (χ0) is 26.0. The van der Waals surface area contributed by atoms with Gasteiger partial charge < -0.3 is 14.6 Å². The Bertz CT molecular complexity index is 1240. The Balaban J connectivity index is 1.28. The normalized spacial score (nSPS) is 21.8. The van der Waals surface area contributed by atoms with Crippen LogP contribution in [-0.2, 0) is 15.4 Å². The fraction of sp³-hybridized carbons (Fsp3) is 0.481. The molecule has 2 unspecified atom stereocenters. The smallest absolute Gasteiger partial charge is 0.410 e. The molecule has 5 rings (SSSR count). The summed E-state index contributed by atoms with van der Waals surface area (Å²) in [6.45, 7) is 5.27. The second-order valence-electron chi connectivity index (χ2n) is 11.0. The maximum absolute atomic E-state index is 15.1. The summed E-state index contributed by atoms with van der Waals surface area (Å²) in [5.74, 6) is -3.77. The first kappa shape index (κ1) is 25.3. The Labute approximate surface area is 216 Å². The van der Waals surface area contributed by atoms with Gasteiger partial charge in [0, 0.05) is 27.7 Å². The summed E-state index contributed by atoms with van der Waals surface area (Å²) in [4.78, 5) is 27.1. The van der Waals surface area contributed by atoms with E-state index in [0.717, 1.165) is 12.8 Å². The number of fused-ring (bicyclic) bond motifs is 3. The molecular weight excluding hydrogens is 536 g/mol. The van der Waals surface area contributed by atoms with Crippen molar-refractivity contribution in [1.82, 2.24) is 4.90 Å². The Hall–Kier alpha value is -2.36. The van der Waals surface area contributed by atoms with Crippen molar-refractivity contribution in [2.45, 2.75) is 63.9 Å². The van der Waals surface area contributed by atoms with Crippen molar-refractivity contribution in [3.8, 4) is 11.1 Å². The van der Waals surface area contributed by atoms with Crippen molar-refractivity contribution >= 4 is 27.8 Å². The lowest BCUT2D eigenvalue weighted by atomic mass is 10.0. The molecule has 3 aliphatic rings. The third-order valence-electron chi connectivity index (χ3n) is 7.14. The minimum absolute atomic E-state index is 0.0362. The number of aliphatic hydroxyl groups is 1. The SMILES string of the molecule is CC(C)(C)OC(=O)N1CC2(CC2)CC1C(O)OCC(=O)c1ccc2c(c1)C(F)(F)c1cc(Br)ccc1-2. The Morgan fingerprint density at radius 3 is 2.42 bits per heavy atom. The van der Waals surface area contributed by atoms with Crippen LogP contribution in [0.1, 0.15) is 61.5 Å². The lowest BCUT2D eigenvalue weighted by Gasteiger charge is -2.30. The zero-order valence-electron chi connectivity index (χ0n) is 20.3. The van der Waals surface area contributed by atoms with E-state index in [1.807, 2.05) is 0 Å². The number of benzene rings is 2. The molecule has 1 aliphatic heterocycles. The highest BCUT2D eigenvalue weighted by molar-refractivity contribution is 9.10. The predicted octanol–water partition coefficient (Wildman–Crippen LogP) is 5.88. The molecule has 2 atom stereocenters. The van der Waals surface area contributed by atoms with Crippen LogP contribution >= 0.6 is 15.9 Å². The first-order valence-electron chi connectivity index (χ1n) is 11.9. The number of halogens is 3. The molecule has 9 heteroatoms. The van der Waals surface area contributed by atoms with Gasteiger partial charge in [-0.2, -0.15) is 8.78 Å². The van der Waals surface area contributed by atoms with Crippen molar-refractivity contribution in [2.24, 2.45) is 5.41 Å². The van der Waals surface area contributed by atoms with E-state index in [9.17, 15) is 14.7 Å². The summed E-state index contributed by atoms with van der Waals surface area (Å²) in [6, 6.07) is 8.28. The molecule has 1 heterocycles. The number of ether oxygens (including phenoxy) is 2. The van der Waals surface area contributed by atoms with E-state index in [-0.39, 0.29) is 22.1 Å². The van der Waals surface area contributed by atoms with Gasteiger partial charge in [-0.1, -0.05) is 34.1 Å². The minimum Gasteiger partial charge on any atom is -0.444 e. The Morgan fingerprint density at radius 2 is 1.78 bits per heavy atom. The molecule has 0 bridgehead atoms. The monoisotopic (exact) mass is 563 g/mol. The summed E-state index contributed by atoms with van der Waals surface area (Å²) in [6.07, 6.45) is 0.532. The van der Waals surface area contributed by atoms with Gasteiger partial charge in [-0.25, -0.2) is 4.79 Å². The number of carbonyl (C=O) groups is 2. The standard InChI is InChI=1S/C27H28BrF2NO5/c1-25(2,3)36-24(34)31-14-26(8-9-26)12-21(31)23(33)35-13-22(32)15-4-6-17-18-7-5-16(28)11-20(18)27(29,30)19(17)10-15/h4-7,10-11,21,23,33H,8-9,12-14H2,1-3H3. The molecule has 2 aromatic carbocycles. The predicted molar refractivity (Wildman–Crippen MR) is 132 cm³/mol. The molecule has 6 nitrogen and oxygen atoms in total. The van der Waals surface area contributed by atoms with Crippen LogP contribution in [0.2, 0.25) is 0 Å². The average Bonchev–Trinajstić information content (AvgIpc) is 3.38. The Kier molecular flexibility index (Phi) is 6.04. The number of Topliss-reactive ketones (excluding diaryl/α,β-unsaturated/α-hetero) is 1. The zero-order valence-corrected chi connectivity index (χ0v) is 21.9. The van der Waals surface area contributed by atoms with Crippen LogP contribution in [0.4, 0.5) is 13.6 Å². The number of alkyl halides is 2. The molecule has 1 saturated heterocycles. The van der Waals surface area contributed by atoms with E-state index in [1.54, 1.807) is 32.9 Å². The van der Waals surface area contributed by atoms with Crippen LogP contribution in [-0.4, -0.2) is 53.0 Å². The number of amides is 1. The van der Waals surface area contributed by atoms with Crippen LogP contribution in [0.15, 0.2) is 40.9 Å². The van der Waals surface area contributed by atoms with Crippen LogP contribution in [0.25, 0.3) is 11.1 Å². The molecule has 2 aromatic rings. The number of aliphatic hydroxyl groups excluding tert-OH is 1. The highest BCUT2D eigenvalue weighted by Gasteiger charge is 2.56. The molecule has 1 amide bonds. The molecule has 1 N–H and O–H groups in total. The maximum Gasteiger partial charge on any atom is 0.410 e. The molecule has 0 radical (unpaired) electrons. The van der Waals surface area contributed by atoms with E-state index in [2.05, 4.69) is 15.9 Å². The topological polar surface area (TPSA) is 76.1 Å². The number of likely N-dealkylation sites (tertiary alicyclic amines) is 1. The first-order chi connectivity index (χ1) is 16.8. The van der Waals surface area contributed by atoms with Crippen molar-refractivity contribution in [1.29, 1.82) is 0 Å². The quantitative estimate of drug-likeness (QED) is 0.363. The molecule has 0 aromatic heterocycles. The number of hydrogen-bond donors (Lipinski definition) is 1. The molecule has 1 spiro atoms. The van der Waals surface area contributed by atoms with Gasteiger partial charge in [-0.15, -0.1) is 0 Å². The van der Waals surface area contributed by atoms with Gasteiger partial charge >= 0.3 is 6.09 Å². The minimum atomic E-state index is -3.23. The summed E-state index contributed by atoms with van der Waals surface area (Å²) in [5, 5.41) is 10.8.